The van der Waals surface area contributed by atoms with Gasteiger partial charge in [0.15, 0.2) is 0 Å². The summed E-state index contributed by atoms with van der Waals surface area (Å²) in [6.07, 6.45) is 1.33. The number of hydrogen-bond donors (Lipinski definition) is 2. The van der Waals surface area contributed by atoms with Crippen molar-refractivity contribution in [1.82, 2.24) is 5.43 Å². The molecule has 8 heteroatoms. The molecule has 26 heavy (non-hydrogen) atoms. The normalized spacial score (nSPS) is 10.3. The number of carboxylic acids is 1. The minimum Gasteiger partial charge on any atom is -0.546 e. The Kier molecular flexibility index (Phi) is 6.44. The van der Waals surface area contributed by atoms with Gasteiger partial charge in [0.1, 0.15) is 12.4 Å². The molecule has 134 valence electrons. The predicted molar refractivity (Wildman–Crippen MR) is 92.5 cm³/mol. The summed E-state index contributed by atoms with van der Waals surface area (Å²) in [6.45, 7) is 1.27. The van der Waals surface area contributed by atoms with Gasteiger partial charge in [-0.3, -0.25) is 9.59 Å². The average molecular weight is 354 g/mol. The molecule has 2 aromatic carbocycles. The molecule has 0 aliphatic carbocycles. The molecule has 0 bridgehead atoms. The summed E-state index contributed by atoms with van der Waals surface area (Å²) in [4.78, 5) is 33.8. The highest BCUT2D eigenvalue weighted by Gasteiger charge is 2.13. The second-order valence-electron chi connectivity index (χ2n) is 5.20. The standard InChI is InChI=1S/C18H17N3O5/c1-12-4-2-3-5-15(12)20-17(24)18(25)21-19-10-13-6-8-14(9-7-13)26-11-16(22)23/h2-10H,11H2,1H3,(H,20,24)(H,21,25)(H,22,23)/p-1/b19-10-. The Labute approximate surface area is 149 Å². The van der Waals surface area contributed by atoms with E-state index in [-0.39, 0.29) is 0 Å². The number of para-hydroxylation sites is 1. The number of aliphatic carboxylic acids is 1. The largest absolute Gasteiger partial charge is 0.546 e. The maximum atomic E-state index is 11.8. The van der Waals surface area contributed by atoms with Crippen LogP contribution in [0.4, 0.5) is 5.69 Å². The van der Waals surface area contributed by atoms with Crippen LogP contribution in [-0.4, -0.2) is 30.6 Å². The molecule has 0 unspecified atom stereocenters. The molecule has 2 amide bonds. The Morgan fingerprint density at radius 3 is 2.42 bits per heavy atom. The Morgan fingerprint density at radius 2 is 1.77 bits per heavy atom. The third-order valence-electron chi connectivity index (χ3n) is 3.22. The molecule has 0 radical (unpaired) electrons. The number of nitrogens with one attached hydrogen (secondary N) is 2. The highest BCUT2D eigenvalue weighted by molar-refractivity contribution is 6.39. The van der Waals surface area contributed by atoms with E-state index in [0.717, 1.165) is 5.56 Å². The number of hydrogen-bond acceptors (Lipinski definition) is 6. The zero-order chi connectivity index (χ0) is 18.9. The van der Waals surface area contributed by atoms with Crippen LogP contribution in [0.5, 0.6) is 5.75 Å². The highest BCUT2D eigenvalue weighted by Crippen LogP contribution is 2.13. The van der Waals surface area contributed by atoms with Crippen LogP contribution in [0.15, 0.2) is 53.6 Å². The zero-order valence-electron chi connectivity index (χ0n) is 13.9. The van der Waals surface area contributed by atoms with E-state index in [1.807, 2.05) is 19.1 Å². The van der Waals surface area contributed by atoms with Gasteiger partial charge in [-0.05, 0) is 48.4 Å². The van der Waals surface area contributed by atoms with Crippen molar-refractivity contribution in [1.29, 1.82) is 0 Å². The number of nitrogens with zero attached hydrogens (tertiary/aromatic N) is 1. The van der Waals surface area contributed by atoms with Crippen LogP contribution in [0.3, 0.4) is 0 Å². The van der Waals surface area contributed by atoms with E-state index in [4.69, 9.17) is 4.74 Å². The van der Waals surface area contributed by atoms with Crippen LogP contribution in [0.1, 0.15) is 11.1 Å². The summed E-state index contributed by atoms with van der Waals surface area (Å²) >= 11 is 0. The van der Waals surface area contributed by atoms with Gasteiger partial charge >= 0.3 is 11.8 Å². The Hall–Kier alpha value is -3.68. The zero-order valence-corrected chi connectivity index (χ0v) is 13.9. The van der Waals surface area contributed by atoms with Crippen LogP contribution in [0.25, 0.3) is 0 Å². The molecule has 0 fully saturated rings. The molecule has 0 aliphatic heterocycles. The van der Waals surface area contributed by atoms with Crippen LogP contribution in [0, 0.1) is 6.92 Å². The van der Waals surface area contributed by atoms with Crippen molar-refractivity contribution in [3.05, 3.63) is 59.7 Å². The molecule has 2 rings (SSSR count). The SMILES string of the molecule is Cc1ccccc1NC(=O)C(=O)N/N=C\c1ccc(OCC(=O)[O-])cc1. The number of aryl methyl sites for hydroxylation is 1. The third kappa shape index (κ3) is 5.75. The van der Waals surface area contributed by atoms with Gasteiger partial charge in [-0.15, -0.1) is 0 Å². The summed E-state index contributed by atoms with van der Waals surface area (Å²) in [5.41, 5.74) is 4.12. The maximum Gasteiger partial charge on any atom is 0.329 e. The Balaban J connectivity index is 1.85. The second-order valence-corrected chi connectivity index (χ2v) is 5.20. The van der Waals surface area contributed by atoms with Crippen LogP contribution in [-0.2, 0) is 14.4 Å². The maximum absolute atomic E-state index is 11.8. The van der Waals surface area contributed by atoms with E-state index in [1.54, 1.807) is 24.3 Å². The lowest BCUT2D eigenvalue weighted by atomic mass is 10.2. The fourth-order valence-corrected chi connectivity index (χ4v) is 1.90. The number of carbonyl (C=O) groups excluding carboxylic acids is 3. The van der Waals surface area contributed by atoms with E-state index in [1.165, 1.54) is 18.3 Å². The fourth-order valence-electron chi connectivity index (χ4n) is 1.90. The van der Waals surface area contributed by atoms with Crippen molar-refractivity contribution in [2.45, 2.75) is 6.92 Å². The number of rotatable bonds is 6. The molecule has 0 saturated carbocycles. The molecule has 0 aromatic heterocycles. The summed E-state index contributed by atoms with van der Waals surface area (Å²) in [5, 5.41) is 16.5. The molecule has 0 saturated heterocycles. The smallest absolute Gasteiger partial charge is 0.329 e. The van der Waals surface area contributed by atoms with Crippen molar-refractivity contribution >= 4 is 29.7 Å². The van der Waals surface area contributed by atoms with Gasteiger partial charge in [0.2, 0.25) is 0 Å². The van der Waals surface area contributed by atoms with Crippen LogP contribution in [0.2, 0.25) is 0 Å². The van der Waals surface area contributed by atoms with E-state index < -0.39 is 24.4 Å². The number of amides is 2. The predicted octanol–water partition coefficient (Wildman–Crippen LogP) is 0.213. The van der Waals surface area contributed by atoms with E-state index in [0.29, 0.717) is 17.0 Å². The summed E-state index contributed by atoms with van der Waals surface area (Å²) in [5.74, 6) is -2.70. The topological polar surface area (TPSA) is 120 Å². The molecule has 0 heterocycles. The third-order valence-corrected chi connectivity index (χ3v) is 3.22. The van der Waals surface area contributed by atoms with Crippen molar-refractivity contribution in [3.8, 4) is 5.75 Å². The van der Waals surface area contributed by atoms with Crippen molar-refractivity contribution in [3.63, 3.8) is 0 Å². The number of ether oxygens (including phenoxy) is 1. The first-order chi connectivity index (χ1) is 12.5. The van der Waals surface area contributed by atoms with Crippen molar-refractivity contribution in [2.75, 3.05) is 11.9 Å². The summed E-state index contributed by atoms with van der Waals surface area (Å²) in [7, 11) is 0. The van der Waals surface area contributed by atoms with Gasteiger partial charge in [-0.25, -0.2) is 5.43 Å². The average Bonchev–Trinajstić information content (AvgIpc) is 2.62. The molecule has 0 aliphatic rings. The fraction of sp³-hybridized carbons (Fsp3) is 0.111. The van der Waals surface area contributed by atoms with E-state index >= 15 is 0 Å². The van der Waals surface area contributed by atoms with Gasteiger partial charge in [-0.2, -0.15) is 5.10 Å². The Bertz CT molecular complexity index is 831. The molecule has 8 nitrogen and oxygen atoms in total. The van der Waals surface area contributed by atoms with Gasteiger partial charge in [0.25, 0.3) is 0 Å². The van der Waals surface area contributed by atoms with Gasteiger partial charge < -0.3 is 20.0 Å². The first kappa shape index (κ1) is 18.7. The molecule has 0 spiro atoms. The molecule has 2 N–H and O–H groups in total. The highest BCUT2D eigenvalue weighted by atomic mass is 16.5. The number of carboxylic acid groups (broad SMARTS) is 1. The number of hydrazone groups is 1. The van der Waals surface area contributed by atoms with E-state index in [2.05, 4.69) is 15.8 Å². The lowest BCUT2D eigenvalue weighted by molar-refractivity contribution is -0.307. The van der Waals surface area contributed by atoms with Crippen molar-refractivity contribution in [2.24, 2.45) is 5.10 Å². The van der Waals surface area contributed by atoms with Crippen LogP contribution < -0.4 is 20.6 Å². The monoisotopic (exact) mass is 354 g/mol. The van der Waals surface area contributed by atoms with Gasteiger partial charge in [0.05, 0.1) is 12.2 Å². The number of anilines is 1. The van der Waals surface area contributed by atoms with Crippen LogP contribution >= 0.6 is 0 Å². The number of benzene rings is 2. The minimum absolute atomic E-state index is 0.355. The molecular weight excluding hydrogens is 338 g/mol. The lowest BCUT2D eigenvalue weighted by Gasteiger charge is -2.07. The number of carbonyl (C=O) groups is 3. The second kappa shape index (κ2) is 8.97. The summed E-state index contributed by atoms with van der Waals surface area (Å²) < 4.78 is 4.93. The first-order valence-electron chi connectivity index (χ1n) is 7.58. The van der Waals surface area contributed by atoms with Gasteiger partial charge in [0, 0.05) is 5.69 Å². The van der Waals surface area contributed by atoms with E-state index in [9.17, 15) is 19.5 Å². The quantitative estimate of drug-likeness (QED) is 0.437. The lowest BCUT2D eigenvalue weighted by Crippen LogP contribution is -2.32. The first-order valence-corrected chi connectivity index (χ1v) is 7.58. The summed E-state index contributed by atoms with van der Waals surface area (Å²) in [6, 6.07) is 13.4. The molecule has 2 aromatic rings. The Morgan fingerprint density at radius 1 is 1.08 bits per heavy atom. The van der Waals surface area contributed by atoms with Gasteiger partial charge in [-0.1, -0.05) is 18.2 Å². The van der Waals surface area contributed by atoms with Crippen molar-refractivity contribution < 1.29 is 24.2 Å². The minimum atomic E-state index is -1.32. The molecular formula is C18H16N3O5-. The molecule has 0 atom stereocenters.